The van der Waals surface area contributed by atoms with E-state index >= 15 is 0 Å². The van der Waals surface area contributed by atoms with E-state index in [0.717, 1.165) is 69.9 Å². The maximum absolute atomic E-state index is 9.39. The molecule has 0 fully saturated rings. The van der Waals surface area contributed by atoms with Gasteiger partial charge in [0.15, 0.2) is 0 Å². The molecule has 6 nitrogen and oxygen atoms in total. The number of nitrogens with zero attached hydrogens (tertiary/aromatic N) is 4. The normalized spacial score (nSPS) is 14.9. The fourth-order valence-corrected chi connectivity index (χ4v) is 8.37. The second-order valence-corrected chi connectivity index (χ2v) is 13.1. The summed E-state index contributed by atoms with van der Waals surface area (Å²) in [7, 11) is 0. The van der Waals surface area contributed by atoms with Crippen molar-refractivity contribution < 1.29 is 9.47 Å². The van der Waals surface area contributed by atoms with Crippen molar-refractivity contribution in [1.29, 1.82) is 21.0 Å². The first-order valence-electron chi connectivity index (χ1n) is 13.4. The second kappa shape index (κ2) is 13.9. The maximum Gasteiger partial charge on any atom is 0.146 e. The van der Waals surface area contributed by atoms with Crippen LogP contribution in [-0.2, 0) is 22.3 Å². The van der Waals surface area contributed by atoms with E-state index in [4.69, 9.17) is 9.47 Å². The number of ether oxygens (including phenoxy) is 2. The highest BCUT2D eigenvalue weighted by Crippen LogP contribution is 2.42. The number of thiophene rings is 3. The Kier molecular flexibility index (Phi) is 10.3. The average Bonchev–Trinajstić information content (AvgIpc) is 3.75. The minimum atomic E-state index is -0.184. The summed E-state index contributed by atoms with van der Waals surface area (Å²) in [6, 6.07) is 15.7. The lowest BCUT2D eigenvalue weighted by molar-refractivity contribution is -0.0188. The van der Waals surface area contributed by atoms with Gasteiger partial charge in [0.2, 0.25) is 0 Å². The molecule has 0 saturated carbocycles. The number of unbranched alkanes of at least 4 members (excludes halogenated alkanes) is 2. The molecule has 0 N–H and O–H groups in total. The molecule has 0 atom stereocenters. The summed E-state index contributed by atoms with van der Waals surface area (Å²) in [6.07, 6.45) is 5.84. The maximum atomic E-state index is 9.39. The Morgan fingerprint density at radius 2 is 1.12 bits per heavy atom. The van der Waals surface area contributed by atoms with E-state index in [9.17, 15) is 21.0 Å². The van der Waals surface area contributed by atoms with Gasteiger partial charge in [-0.2, -0.15) is 21.0 Å². The van der Waals surface area contributed by atoms with E-state index in [1.54, 1.807) is 11.3 Å². The molecule has 3 aromatic heterocycles. The van der Waals surface area contributed by atoms with Crippen LogP contribution in [0.5, 0.6) is 0 Å². The SMILES string of the molecule is CCCCOCC1(COCCCC)Cc2c(/c(=c3/ccc(=C(C#N)C#N)s3)s/c2=c2\ccc(=C(C#N)C#N)s2)C1. The van der Waals surface area contributed by atoms with Crippen LogP contribution >= 0.6 is 34.0 Å². The van der Waals surface area contributed by atoms with Crippen LogP contribution in [0.1, 0.15) is 50.7 Å². The summed E-state index contributed by atoms with van der Waals surface area (Å²) < 4.78 is 18.1. The van der Waals surface area contributed by atoms with Gasteiger partial charge in [0.1, 0.15) is 35.4 Å². The largest absolute Gasteiger partial charge is 0.381 e. The topological polar surface area (TPSA) is 114 Å². The lowest BCUT2D eigenvalue weighted by Gasteiger charge is -2.29. The molecular weight excluding hydrogens is 557 g/mol. The van der Waals surface area contributed by atoms with Gasteiger partial charge in [0, 0.05) is 36.8 Å². The second-order valence-electron chi connectivity index (χ2n) is 9.91. The van der Waals surface area contributed by atoms with Gasteiger partial charge in [-0.15, -0.1) is 34.0 Å². The summed E-state index contributed by atoms with van der Waals surface area (Å²) in [6.45, 7) is 7.00. The highest BCUT2D eigenvalue weighted by atomic mass is 32.1. The quantitative estimate of drug-likeness (QED) is 0.288. The van der Waals surface area contributed by atoms with Gasteiger partial charge in [0.05, 0.1) is 22.3 Å². The molecule has 1 aliphatic carbocycles. The van der Waals surface area contributed by atoms with E-state index in [1.165, 1.54) is 33.8 Å². The fraction of sp³-hybridized carbons (Fsp3) is 0.419. The Morgan fingerprint density at radius 1 is 0.700 bits per heavy atom. The third-order valence-corrected chi connectivity index (χ3v) is 10.8. The molecule has 4 rings (SSSR count). The summed E-state index contributed by atoms with van der Waals surface area (Å²) in [4.78, 5) is 0. The van der Waals surface area contributed by atoms with Crippen molar-refractivity contribution in [2.45, 2.75) is 52.4 Å². The molecule has 3 heterocycles. The van der Waals surface area contributed by atoms with Gasteiger partial charge in [-0.05, 0) is 61.1 Å². The lowest BCUT2D eigenvalue weighted by Crippen LogP contribution is -2.34. The first-order valence-corrected chi connectivity index (χ1v) is 15.8. The Morgan fingerprint density at radius 3 is 1.50 bits per heavy atom. The van der Waals surface area contributed by atoms with Crippen molar-refractivity contribution >= 4 is 45.2 Å². The molecule has 0 radical (unpaired) electrons. The monoisotopic (exact) mass is 586 g/mol. The van der Waals surface area contributed by atoms with Gasteiger partial charge in [-0.1, -0.05) is 26.7 Å². The number of nitriles is 4. The Balaban J connectivity index is 1.96. The minimum Gasteiger partial charge on any atom is -0.381 e. The van der Waals surface area contributed by atoms with Crippen molar-refractivity contribution in [3.8, 4) is 24.3 Å². The molecule has 0 aromatic carbocycles. The Bertz CT molecular complexity index is 1690. The number of fused-ring (bicyclic) bond motifs is 1. The smallest absolute Gasteiger partial charge is 0.146 e. The van der Waals surface area contributed by atoms with Gasteiger partial charge in [-0.25, -0.2) is 0 Å². The standard InChI is InChI=1S/C31H30N4O2S3/c1-3-5-11-36-19-31(20-37-12-6-4-2)13-23-24(14-31)30(28-10-8-26(39-28)22(17-34)18-35)40-29(23)27-9-7-25(38-27)21(15-32)16-33/h7-10H,3-6,11-14,19-20H2,1-2H3/b29-27+,30-28+. The van der Waals surface area contributed by atoms with E-state index in [-0.39, 0.29) is 16.6 Å². The number of hydrogen-bond donors (Lipinski definition) is 0. The van der Waals surface area contributed by atoms with Crippen LogP contribution in [-0.4, -0.2) is 26.4 Å². The first kappa shape index (κ1) is 29.7. The number of hydrogen-bond acceptors (Lipinski definition) is 9. The molecule has 0 spiro atoms. The van der Waals surface area contributed by atoms with E-state index < -0.39 is 0 Å². The fourth-order valence-electron chi connectivity index (χ4n) is 4.86. The Hall–Kier alpha value is -3.28. The predicted octanol–water partition coefficient (Wildman–Crippen LogP) is 5.56. The van der Waals surface area contributed by atoms with E-state index in [2.05, 4.69) is 13.8 Å². The third-order valence-electron chi connectivity index (χ3n) is 6.92. The predicted molar refractivity (Wildman–Crippen MR) is 158 cm³/mol. The first-order chi connectivity index (χ1) is 19.5. The van der Waals surface area contributed by atoms with E-state index in [1.807, 2.05) is 48.5 Å². The van der Waals surface area contributed by atoms with Crippen LogP contribution in [0, 0.1) is 68.9 Å². The summed E-state index contributed by atoms with van der Waals surface area (Å²) in [5.74, 6) is 0. The summed E-state index contributed by atoms with van der Waals surface area (Å²) in [5.41, 5.74) is 2.58. The molecular formula is C31H30N4O2S3. The molecule has 3 aromatic rings. The van der Waals surface area contributed by atoms with Gasteiger partial charge < -0.3 is 9.47 Å². The van der Waals surface area contributed by atoms with Gasteiger partial charge in [-0.3, -0.25) is 0 Å². The molecule has 204 valence electrons. The molecule has 0 bridgehead atoms. The van der Waals surface area contributed by atoms with E-state index in [0.29, 0.717) is 22.3 Å². The zero-order valence-electron chi connectivity index (χ0n) is 22.7. The third kappa shape index (κ3) is 6.37. The van der Waals surface area contributed by atoms with Crippen LogP contribution in [0.4, 0.5) is 0 Å². The molecule has 0 unspecified atom stereocenters. The van der Waals surface area contributed by atoms with Crippen molar-refractivity contribution in [1.82, 2.24) is 0 Å². The number of rotatable bonds is 10. The average molecular weight is 587 g/mol. The van der Waals surface area contributed by atoms with Crippen LogP contribution in [0.2, 0.25) is 0 Å². The van der Waals surface area contributed by atoms with Crippen LogP contribution in [0.15, 0.2) is 24.3 Å². The van der Waals surface area contributed by atoms with Crippen LogP contribution in [0.25, 0.3) is 11.1 Å². The molecule has 0 saturated heterocycles. The molecule has 0 amide bonds. The zero-order chi connectivity index (χ0) is 28.5. The highest BCUT2D eigenvalue weighted by Gasteiger charge is 2.40. The van der Waals surface area contributed by atoms with Gasteiger partial charge in [0.25, 0.3) is 0 Å². The molecule has 9 heteroatoms. The summed E-state index contributed by atoms with van der Waals surface area (Å²) in [5, 5.41) is 37.6. The molecule has 40 heavy (non-hydrogen) atoms. The molecule has 1 aliphatic rings. The minimum absolute atomic E-state index is 0.117. The Labute approximate surface area is 245 Å². The summed E-state index contributed by atoms with van der Waals surface area (Å²) >= 11 is 4.63. The van der Waals surface area contributed by atoms with Crippen molar-refractivity contribution in [2.24, 2.45) is 5.41 Å². The van der Waals surface area contributed by atoms with Crippen molar-refractivity contribution in [3.05, 3.63) is 62.6 Å². The zero-order valence-corrected chi connectivity index (χ0v) is 25.2. The van der Waals surface area contributed by atoms with Crippen molar-refractivity contribution in [2.75, 3.05) is 26.4 Å². The van der Waals surface area contributed by atoms with Crippen LogP contribution in [0.3, 0.4) is 0 Å². The van der Waals surface area contributed by atoms with Crippen LogP contribution < -0.4 is 9.06 Å². The molecule has 0 aliphatic heterocycles. The highest BCUT2D eigenvalue weighted by molar-refractivity contribution is 7.13. The van der Waals surface area contributed by atoms with Crippen molar-refractivity contribution in [3.63, 3.8) is 0 Å². The van der Waals surface area contributed by atoms with Gasteiger partial charge >= 0.3 is 0 Å². The lowest BCUT2D eigenvalue weighted by atomic mass is 9.86.